The molecule has 4 heteroatoms. The Balaban J connectivity index is 2.99. The topological polar surface area (TPSA) is 0 Å². The van der Waals surface area contributed by atoms with Crippen LogP contribution in [0.3, 0.4) is 0 Å². The molecule has 0 nitrogen and oxygen atoms in total. The zero-order chi connectivity index (χ0) is 7.56. The molecule has 1 rings (SSSR count). The molecule has 1 aromatic heterocycles. The molecule has 0 saturated heterocycles. The van der Waals surface area contributed by atoms with Crippen LogP contribution in [-0.2, 0) is 0 Å². The highest BCUT2D eigenvalue weighted by Gasteiger charge is 2.05. The molecule has 0 N–H and O–H groups in total. The van der Waals surface area contributed by atoms with Gasteiger partial charge in [-0.2, -0.15) is 15.7 Å². The number of hydrogen-bond donors (Lipinski definition) is 0. The summed E-state index contributed by atoms with van der Waals surface area (Å²) in [6, 6.07) is 1.46. The van der Waals surface area contributed by atoms with E-state index in [1.807, 2.05) is 0 Å². The molecule has 0 bridgehead atoms. The van der Waals surface area contributed by atoms with Crippen LogP contribution < -0.4 is 0 Å². The van der Waals surface area contributed by atoms with Crippen LogP contribution in [0.25, 0.3) is 5.83 Å². The molecule has 0 aliphatic heterocycles. The molecule has 0 unspecified atom stereocenters. The molecule has 0 amide bonds. The summed E-state index contributed by atoms with van der Waals surface area (Å²) >= 11 is 6.05. The van der Waals surface area contributed by atoms with Crippen molar-refractivity contribution in [1.82, 2.24) is 0 Å². The molecule has 0 atom stereocenters. The van der Waals surface area contributed by atoms with Crippen LogP contribution >= 0.6 is 22.9 Å². The maximum atomic E-state index is 12.5. The van der Waals surface area contributed by atoms with Crippen molar-refractivity contribution in [2.45, 2.75) is 0 Å². The third-order valence-corrected chi connectivity index (χ3v) is 1.79. The Morgan fingerprint density at radius 2 is 2.20 bits per heavy atom. The van der Waals surface area contributed by atoms with Crippen molar-refractivity contribution in [1.29, 1.82) is 0 Å². The van der Waals surface area contributed by atoms with Gasteiger partial charge in [0.2, 0.25) is 5.29 Å². The maximum Gasteiger partial charge on any atom is 0.225 e. The van der Waals surface area contributed by atoms with Crippen molar-refractivity contribution in [3.63, 3.8) is 0 Å². The van der Waals surface area contributed by atoms with Gasteiger partial charge in [0, 0.05) is 10.9 Å². The number of rotatable bonds is 1. The molecule has 0 saturated carbocycles. The van der Waals surface area contributed by atoms with E-state index in [1.165, 1.54) is 22.8 Å². The van der Waals surface area contributed by atoms with Gasteiger partial charge >= 0.3 is 0 Å². The van der Waals surface area contributed by atoms with Gasteiger partial charge in [-0.3, -0.25) is 0 Å². The smallest absolute Gasteiger partial charge is 0.202 e. The van der Waals surface area contributed by atoms with Gasteiger partial charge in [-0.05, 0) is 23.0 Å². The van der Waals surface area contributed by atoms with Crippen LogP contribution in [0.2, 0.25) is 0 Å². The Morgan fingerprint density at radius 1 is 1.50 bits per heavy atom. The Hall–Kier alpha value is -0.410. The third-order valence-electron chi connectivity index (χ3n) is 0.941. The largest absolute Gasteiger partial charge is 0.225 e. The van der Waals surface area contributed by atoms with Gasteiger partial charge < -0.3 is 0 Å². The summed E-state index contributed by atoms with van der Waals surface area (Å²) in [5.74, 6) is -0.997. The van der Waals surface area contributed by atoms with Crippen LogP contribution in [0.1, 0.15) is 5.56 Å². The molecule has 0 aromatic carbocycles. The normalized spacial score (nSPS) is 13.1. The first-order chi connectivity index (χ1) is 4.72. The summed E-state index contributed by atoms with van der Waals surface area (Å²) < 4.78 is 24.4. The molecule has 0 fully saturated rings. The minimum atomic E-state index is -1.29. The minimum absolute atomic E-state index is 0.192. The van der Waals surface area contributed by atoms with Crippen molar-refractivity contribution in [3.8, 4) is 0 Å². The third kappa shape index (κ3) is 1.55. The standard InChI is InChI=1S/C6H3ClF2S/c7-6(9)5(8)4-1-2-10-3-4/h1-3H. The van der Waals surface area contributed by atoms with E-state index in [-0.39, 0.29) is 5.56 Å². The highest BCUT2D eigenvalue weighted by atomic mass is 35.5. The second kappa shape index (κ2) is 3.12. The molecule has 0 aliphatic rings. The highest BCUT2D eigenvalue weighted by molar-refractivity contribution is 7.08. The van der Waals surface area contributed by atoms with Crippen molar-refractivity contribution in [2.75, 3.05) is 0 Å². The molecule has 0 spiro atoms. The molecule has 0 aliphatic carbocycles. The summed E-state index contributed by atoms with van der Waals surface area (Å²) in [5.41, 5.74) is 0.192. The van der Waals surface area contributed by atoms with Crippen molar-refractivity contribution in [2.24, 2.45) is 0 Å². The highest BCUT2D eigenvalue weighted by Crippen LogP contribution is 2.24. The lowest BCUT2D eigenvalue weighted by Gasteiger charge is -1.87. The first kappa shape index (κ1) is 7.69. The van der Waals surface area contributed by atoms with Gasteiger partial charge in [0.1, 0.15) is 0 Å². The fourth-order valence-electron chi connectivity index (χ4n) is 0.498. The monoisotopic (exact) mass is 180 g/mol. The maximum absolute atomic E-state index is 12.5. The van der Waals surface area contributed by atoms with Crippen molar-refractivity contribution >= 4 is 28.8 Å². The quantitative estimate of drug-likeness (QED) is 0.620. The second-order valence-electron chi connectivity index (χ2n) is 1.59. The Labute approximate surface area is 65.7 Å². The Kier molecular flexibility index (Phi) is 2.40. The summed E-state index contributed by atoms with van der Waals surface area (Å²) in [4.78, 5) is 0. The fraction of sp³-hybridized carbons (Fsp3) is 0. The average Bonchev–Trinajstić information content (AvgIpc) is 2.36. The summed E-state index contributed by atoms with van der Waals surface area (Å²) in [5, 5.41) is 1.84. The lowest BCUT2D eigenvalue weighted by molar-refractivity contribution is 0.651. The van der Waals surface area contributed by atoms with Crippen molar-refractivity contribution < 1.29 is 8.78 Å². The molecule has 0 radical (unpaired) electrons. The number of halogens is 3. The van der Waals surface area contributed by atoms with E-state index in [2.05, 4.69) is 0 Å². The van der Waals surface area contributed by atoms with Gasteiger partial charge in [-0.1, -0.05) is 0 Å². The van der Waals surface area contributed by atoms with Gasteiger partial charge in [-0.15, -0.1) is 0 Å². The van der Waals surface area contributed by atoms with Gasteiger partial charge in [-0.25, -0.2) is 4.39 Å². The summed E-state index contributed by atoms with van der Waals surface area (Å²) in [6.45, 7) is 0. The van der Waals surface area contributed by atoms with E-state index >= 15 is 0 Å². The number of hydrogen-bond acceptors (Lipinski definition) is 1. The van der Waals surface area contributed by atoms with Gasteiger partial charge in [0.15, 0.2) is 5.83 Å². The molecular weight excluding hydrogens is 178 g/mol. The SMILES string of the molecule is FC(Cl)=C(F)c1ccsc1. The van der Waals surface area contributed by atoms with Crippen LogP contribution in [-0.4, -0.2) is 0 Å². The fourth-order valence-corrected chi connectivity index (χ4v) is 1.24. The average molecular weight is 181 g/mol. The van der Waals surface area contributed by atoms with E-state index in [0.29, 0.717) is 0 Å². The van der Waals surface area contributed by atoms with Crippen LogP contribution in [0, 0.1) is 0 Å². The van der Waals surface area contributed by atoms with Crippen LogP contribution in [0.15, 0.2) is 22.1 Å². The minimum Gasteiger partial charge on any atom is -0.202 e. The predicted molar refractivity (Wildman–Crippen MR) is 39.3 cm³/mol. The zero-order valence-corrected chi connectivity index (χ0v) is 6.35. The lowest BCUT2D eigenvalue weighted by Crippen LogP contribution is -1.70. The van der Waals surface area contributed by atoms with Gasteiger partial charge in [0.25, 0.3) is 0 Å². The van der Waals surface area contributed by atoms with Crippen LogP contribution in [0.5, 0.6) is 0 Å². The van der Waals surface area contributed by atoms with E-state index in [4.69, 9.17) is 11.6 Å². The molecule has 1 aromatic rings. The summed E-state index contributed by atoms with van der Waals surface area (Å²) in [7, 11) is 0. The van der Waals surface area contributed by atoms with E-state index < -0.39 is 11.1 Å². The Morgan fingerprint density at radius 3 is 2.60 bits per heavy atom. The first-order valence-corrected chi connectivity index (χ1v) is 3.77. The Bertz CT molecular complexity index is 236. The summed E-state index contributed by atoms with van der Waals surface area (Å²) in [6.07, 6.45) is 0. The lowest BCUT2D eigenvalue weighted by atomic mass is 10.3. The van der Waals surface area contributed by atoms with Crippen LogP contribution in [0.4, 0.5) is 8.78 Å². The van der Waals surface area contributed by atoms with E-state index in [1.54, 1.807) is 5.38 Å². The molecule has 54 valence electrons. The van der Waals surface area contributed by atoms with E-state index in [0.717, 1.165) is 0 Å². The number of thiophene rings is 1. The molecule has 1 heterocycles. The van der Waals surface area contributed by atoms with Gasteiger partial charge in [0.05, 0.1) is 0 Å². The van der Waals surface area contributed by atoms with E-state index in [9.17, 15) is 8.78 Å². The zero-order valence-electron chi connectivity index (χ0n) is 4.77. The first-order valence-electron chi connectivity index (χ1n) is 2.45. The van der Waals surface area contributed by atoms with Crippen molar-refractivity contribution in [3.05, 3.63) is 27.7 Å². The molecular formula is C6H3ClF2S. The molecule has 10 heavy (non-hydrogen) atoms. The second-order valence-corrected chi connectivity index (χ2v) is 2.70. The predicted octanol–water partition coefficient (Wildman–Crippen LogP) is 3.55.